The van der Waals surface area contributed by atoms with E-state index in [1.54, 1.807) is 18.2 Å². The van der Waals surface area contributed by atoms with E-state index in [4.69, 9.17) is 5.26 Å². The number of nitrogens with one attached hydrogen (secondary N) is 1. The summed E-state index contributed by atoms with van der Waals surface area (Å²) in [7, 11) is -3.88. The van der Waals surface area contributed by atoms with Gasteiger partial charge in [0.25, 0.3) is 0 Å². The van der Waals surface area contributed by atoms with Gasteiger partial charge in [0, 0.05) is 24.7 Å². The molecule has 0 heterocycles. The van der Waals surface area contributed by atoms with Crippen LogP contribution in [0.1, 0.15) is 12.0 Å². The number of benzene rings is 2. The van der Waals surface area contributed by atoms with E-state index in [9.17, 15) is 22.0 Å². The smallest absolute Gasteiger partial charge is 0.232 e. The first-order valence-corrected chi connectivity index (χ1v) is 9.28. The molecular formula is C17H15F2N3O3S. The van der Waals surface area contributed by atoms with Crippen LogP contribution in [-0.4, -0.2) is 27.1 Å². The standard InChI is InChI=1S/C17H15F2N3O3S/c1-26(24,25)22(16-6-5-13(18)10-15(16)19)8-7-17(23)21-14-4-2-3-12(9-14)11-20/h2-6,9-10H,7-8H2,1H3,(H,21,23). The summed E-state index contributed by atoms with van der Waals surface area (Å²) in [5, 5.41) is 11.4. The van der Waals surface area contributed by atoms with Crippen molar-refractivity contribution in [2.75, 3.05) is 22.4 Å². The molecule has 0 saturated heterocycles. The highest BCUT2D eigenvalue weighted by Gasteiger charge is 2.22. The highest BCUT2D eigenvalue weighted by molar-refractivity contribution is 7.92. The maximum Gasteiger partial charge on any atom is 0.232 e. The molecule has 0 unspecified atom stereocenters. The molecule has 0 aliphatic carbocycles. The lowest BCUT2D eigenvalue weighted by atomic mass is 10.2. The van der Waals surface area contributed by atoms with Crippen LogP contribution >= 0.6 is 0 Å². The molecule has 0 aliphatic rings. The molecule has 1 amide bonds. The molecule has 0 aliphatic heterocycles. The molecule has 6 nitrogen and oxygen atoms in total. The first-order valence-electron chi connectivity index (χ1n) is 7.43. The Bertz CT molecular complexity index is 971. The lowest BCUT2D eigenvalue weighted by Gasteiger charge is -2.22. The molecule has 2 aromatic carbocycles. The summed E-state index contributed by atoms with van der Waals surface area (Å²) in [5.41, 5.74) is 0.398. The molecule has 1 N–H and O–H groups in total. The third kappa shape index (κ3) is 5.00. The molecule has 136 valence electrons. The Morgan fingerprint density at radius 3 is 2.58 bits per heavy atom. The van der Waals surface area contributed by atoms with Crippen molar-refractivity contribution in [2.24, 2.45) is 0 Å². The van der Waals surface area contributed by atoms with Gasteiger partial charge in [-0.1, -0.05) is 6.07 Å². The van der Waals surface area contributed by atoms with Crippen molar-refractivity contribution in [2.45, 2.75) is 6.42 Å². The van der Waals surface area contributed by atoms with Gasteiger partial charge in [0.05, 0.1) is 23.6 Å². The van der Waals surface area contributed by atoms with Gasteiger partial charge in [-0.25, -0.2) is 17.2 Å². The average molecular weight is 379 g/mol. The molecule has 2 aromatic rings. The zero-order valence-corrected chi connectivity index (χ0v) is 14.6. The average Bonchev–Trinajstić information content (AvgIpc) is 2.55. The van der Waals surface area contributed by atoms with Crippen LogP contribution in [-0.2, 0) is 14.8 Å². The van der Waals surface area contributed by atoms with Gasteiger partial charge in [0.1, 0.15) is 11.6 Å². The summed E-state index contributed by atoms with van der Waals surface area (Å²) >= 11 is 0. The molecule has 0 atom stereocenters. The predicted molar refractivity (Wildman–Crippen MR) is 93.0 cm³/mol. The van der Waals surface area contributed by atoms with Crippen LogP contribution in [0.3, 0.4) is 0 Å². The number of amides is 1. The normalized spacial score (nSPS) is 10.8. The van der Waals surface area contributed by atoms with E-state index >= 15 is 0 Å². The number of hydrogen-bond donors (Lipinski definition) is 1. The number of nitrogens with zero attached hydrogens (tertiary/aromatic N) is 2. The maximum atomic E-state index is 13.9. The molecule has 26 heavy (non-hydrogen) atoms. The second kappa shape index (κ2) is 7.93. The lowest BCUT2D eigenvalue weighted by molar-refractivity contribution is -0.116. The molecule has 0 fully saturated rings. The van der Waals surface area contributed by atoms with Gasteiger partial charge in [0.15, 0.2) is 0 Å². The minimum absolute atomic E-state index is 0.263. The molecule has 0 radical (unpaired) electrons. The van der Waals surface area contributed by atoms with Crippen molar-refractivity contribution in [1.29, 1.82) is 5.26 Å². The summed E-state index contributed by atoms with van der Waals surface area (Å²) in [5.74, 6) is -2.40. The van der Waals surface area contributed by atoms with Crippen LogP contribution in [0, 0.1) is 23.0 Å². The molecule has 2 rings (SSSR count). The van der Waals surface area contributed by atoms with Crippen LogP contribution in [0.4, 0.5) is 20.2 Å². The minimum atomic E-state index is -3.88. The maximum absolute atomic E-state index is 13.9. The monoisotopic (exact) mass is 379 g/mol. The van der Waals surface area contributed by atoms with E-state index in [1.165, 1.54) is 6.07 Å². The van der Waals surface area contributed by atoms with Crippen molar-refractivity contribution in [3.8, 4) is 6.07 Å². The fraction of sp³-hybridized carbons (Fsp3) is 0.176. The topological polar surface area (TPSA) is 90.3 Å². The van der Waals surface area contributed by atoms with Crippen molar-refractivity contribution in [3.63, 3.8) is 0 Å². The van der Waals surface area contributed by atoms with Gasteiger partial charge in [-0.2, -0.15) is 5.26 Å². The number of carbonyl (C=O) groups excluding carboxylic acids is 1. The van der Waals surface area contributed by atoms with Gasteiger partial charge < -0.3 is 5.32 Å². The number of carbonyl (C=O) groups is 1. The largest absolute Gasteiger partial charge is 0.326 e. The van der Waals surface area contributed by atoms with E-state index in [1.807, 2.05) is 6.07 Å². The second-order valence-electron chi connectivity index (χ2n) is 5.42. The van der Waals surface area contributed by atoms with Crippen molar-refractivity contribution in [1.82, 2.24) is 0 Å². The summed E-state index contributed by atoms with van der Waals surface area (Å²) < 4.78 is 51.5. The zero-order valence-electron chi connectivity index (χ0n) is 13.7. The highest BCUT2D eigenvalue weighted by atomic mass is 32.2. The molecule has 9 heteroatoms. The van der Waals surface area contributed by atoms with E-state index < -0.39 is 27.6 Å². The van der Waals surface area contributed by atoms with Gasteiger partial charge >= 0.3 is 0 Å². The van der Waals surface area contributed by atoms with Crippen molar-refractivity contribution in [3.05, 3.63) is 59.7 Å². The first kappa shape index (κ1) is 19.3. The first-order chi connectivity index (χ1) is 12.2. The Labute approximate surface area is 149 Å². The van der Waals surface area contributed by atoms with Crippen LogP contribution in [0.5, 0.6) is 0 Å². The van der Waals surface area contributed by atoms with Gasteiger partial charge in [0.2, 0.25) is 15.9 Å². The Morgan fingerprint density at radius 1 is 1.23 bits per heavy atom. The Hall–Kier alpha value is -2.99. The Kier molecular flexibility index (Phi) is 5.90. The molecular weight excluding hydrogens is 364 g/mol. The van der Waals surface area contributed by atoms with E-state index in [2.05, 4.69) is 5.32 Å². The Morgan fingerprint density at radius 2 is 1.96 bits per heavy atom. The summed E-state index contributed by atoms with van der Waals surface area (Å²) in [6, 6.07) is 10.6. The molecule has 0 saturated carbocycles. The van der Waals surface area contributed by atoms with Gasteiger partial charge in [-0.3, -0.25) is 9.10 Å². The third-order valence-electron chi connectivity index (χ3n) is 3.40. The van der Waals surface area contributed by atoms with Crippen LogP contribution < -0.4 is 9.62 Å². The van der Waals surface area contributed by atoms with Crippen molar-refractivity contribution < 1.29 is 22.0 Å². The Balaban J connectivity index is 2.12. The van der Waals surface area contributed by atoms with E-state index in [-0.39, 0.29) is 18.7 Å². The van der Waals surface area contributed by atoms with Crippen LogP contribution in [0.2, 0.25) is 0 Å². The predicted octanol–water partition coefficient (Wildman–Crippen LogP) is 2.63. The van der Waals surface area contributed by atoms with Crippen LogP contribution in [0.25, 0.3) is 0 Å². The van der Waals surface area contributed by atoms with Gasteiger partial charge in [-0.05, 0) is 30.3 Å². The summed E-state index contributed by atoms with van der Waals surface area (Å²) in [6.07, 6.45) is 0.602. The highest BCUT2D eigenvalue weighted by Crippen LogP contribution is 2.23. The number of hydrogen-bond acceptors (Lipinski definition) is 4. The number of rotatable bonds is 6. The van der Waals surface area contributed by atoms with Gasteiger partial charge in [-0.15, -0.1) is 0 Å². The zero-order chi connectivity index (χ0) is 19.3. The van der Waals surface area contributed by atoms with E-state index in [0.717, 1.165) is 18.4 Å². The van der Waals surface area contributed by atoms with Crippen molar-refractivity contribution >= 4 is 27.3 Å². The van der Waals surface area contributed by atoms with Crippen LogP contribution in [0.15, 0.2) is 42.5 Å². The SMILES string of the molecule is CS(=O)(=O)N(CCC(=O)Nc1cccc(C#N)c1)c1ccc(F)cc1F. The number of anilines is 2. The number of sulfonamides is 1. The fourth-order valence-electron chi connectivity index (χ4n) is 2.24. The summed E-state index contributed by atoms with van der Waals surface area (Å²) in [4.78, 5) is 12.0. The molecule has 0 aromatic heterocycles. The fourth-order valence-corrected chi connectivity index (χ4v) is 3.17. The van der Waals surface area contributed by atoms with E-state index in [0.29, 0.717) is 21.6 Å². The quantitative estimate of drug-likeness (QED) is 0.835. The third-order valence-corrected chi connectivity index (χ3v) is 4.58. The minimum Gasteiger partial charge on any atom is -0.326 e. The summed E-state index contributed by atoms with van der Waals surface area (Å²) in [6.45, 7) is -0.328. The second-order valence-corrected chi connectivity index (χ2v) is 7.33. The lowest BCUT2D eigenvalue weighted by Crippen LogP contribution is -2.33. The molecule has 0 spiro atoms. The number of halogens is 2. The molecule has 0 bridgehead atoms. The number of nitriles is 1.